The lowest BCUT2D eigenvalue weighted by Gasteiger charge is -2.19. The average Bonchev–Trinajstić information content (AvgIpc) is 3.25. The Balaban J connectivity index is 1.70. The number of nitrogens with one attached hydrogen (secondary N) is 2. The van der Waals surface area contributed by atoms with Crippen molar-refractivity contribution in [1.29, 1.82) is 5.26 Å². The molecule has 0 saturated heterocycles. The maximum absolute atomic E-state index is 14.6. The van der Waals surface area contributed by atoms with Crippen LogP contribution in [-0.2, 0) is 4.74 Å². The van der Waals surface area contributed by atoms with Crippen LogP contribution in [0.2, 0.25) is 5.02 Å². The van der Waals surface area contributed by atoms with Crippen LogP contribution in [-0.4, -0.2) is 41.4 Å². The number of halogens is 2. The molecule has 0 fully saturated rings. The number of rotatable bonds is 5. The molecular formula is C22H17ClFN9O4. The molecule has 0 aliphatic heterocycles. The van der Waals surface area contributed by atoms with E-state index in [2.05, 4.69) is 30.7 Å². The van der Waals surface area contributed by atoms with E-state index in [1.807, 2.05) is 6.07 Å². The standard InChI is InChI=1S/C22H17ClFN9O4/c1-22(2,3)37-21(34)30-17-6-16(27-10-28-17)29-20-13-9-32(31-18(13)15(24)8-26-20)19-11(7-25)4-12(33(35)36)5-14(19)23/h4-6,8-10H,1-3H3,(H2,26,27,28,29,30,34). The predicted molar refractivity (Wildman–Crippen MR) is 130 cm³/mol. The van der Waals surface area contributed by atoms with Gasteiger partial charge in [0.25, 0.3) is 5.69 Å². The lowest BCUT2D eigenvalue weighted by atomic mass is 10.1. The van der Waals surface area contributed by atoms with Gasteiger partial charge >= 0.3 is 6.09 Å². The Hall–Kier alpha value is -4.90. The molecule has 4 aromatic rings. The minimum atomic E-state index is -0.759. The molecule has 0 aliphatic rings. The lowest BCUT2D eigenvalue weighted by molar-refractivity contribution is -0.384. The van der Waals surface area contributed by atoms with Gasteiger partial charge in [0.2, 0.25) is 0 Å². The Labute approximate surface area is 213 Å². The van der Waals surface area contributed by atoms with Gasteiger partial charge in [-0.3, -0.25) is 15.4 Å². The lowest BCUT2D eigenvalue weighted by Crippen LogP contribution is -2.27. The SMILES string of the molecule is CC(C)(C)OC(=O)Nc1cc(Nc2ncc(F)c3nn(-c4c(Cl)cc([N+](=O)[O-])cc4C#N)cc23)ncn1. The fourth-order valence-electron chi connectivity index (χ4n) is 3.22. The zero-order valence-corrected chi connectivity index (χ0v) is 20.2. The van der Waals surface area contributed by atoms with Gasteiger partial charge in [-0.15, -0.1) is 0 Å². The van der Waals surface area contributed by atoms with E-state index in [4.69, 9.17) is 16.3 Å². The number of nitriles is 1. The van der Waals surface area contributed by atoms with E-state index < -0.39 is 22.4 Å². The van der Waals surface area contributed by atoms with Crippen LogP contribution in [0.4, 0.5) is 32.3 Å². The van der Waals surface area contributed by atoms with Crippen molar-refractivity contribution in [3.63, 3.8) is 0 Å². The quantitative estimate of drug-likeness (QED) is 0.270. The Morgan fingerprint density at radius 1 is 1.24 bits per heavy atom. The van der Waals surface area contributed by atoms with Gasteiger partial charge in [-0.1, -0.05) is 11.6 Å². The van der Waals surface area contributed by atoms with E-state index in [0.29, 0.717) is 0 Å². The largest absolute Gasteiger partial charge is 0.444 e. The molecule has 37 heavy (non-hydrogen) atoms. The van der Waals surface area contributed by atoms with Gasteiger partial charge in [-0.25, -0.2) is 28.8 Å². The molecule has 0 unspecified atom stereocenters. The number of hydrogen-bond acceptors (Lipinski definition) is 10. The van der Waals surface area contributed by atoms with Crippen molar-refractivity contribution < 1.29 is 18.8 Å². The Kier molecular flexibility index (Phi) is 6.56. The third kappa shape index (κ3) is 5.52. The van der Waals surface area contributed by atoms with Crippen LogP contribution in [0.15, 0.2) is 36.9 Å². The van der Waals surface area contributed by atoms with Crippen molar-refractivity contribution in [3.8, 4) is 11.8 Å². The topological polar surface area (TPSA) is 174 Å². The minimum absolute atomic E-state index is 0.0298. The van der Waals surface area contributed by atoms with Crippen molar-refractivity contribution in [2.45, 2.75) is 26.4 Å². The molecule has 4 rings (SSSR count). The number of anilines is 3. The van der Waals surface area contributed by atoms with Crippen LogP contribution in [0, 0.1) is 27.3 Å². The predicted octanol–water partition coefficient (Wildman–Crippen LogP) is 4.87. The number of carbonyl (C=O) groups is 1. The van der Waals surface area contributed by atoms with Gasteiger partial charge < -0.3 is 10.1 Å². The average molecular weight is 526 g/mol. The van der Waals surface area contributed by atoms with E-state index >= 15 is 0 Å². The number of amides is 1. The van der Waals surface area contributed by atoms with Gasteiger partial charge in [0.1, 0.15) is 46.7 Å². The Bertz CT molecular complexity index is 1590. The number of carbonyl (C=O) groups excluding carboxylic acids is 1. The second-order valence-corrected chi connectivity index (χ2v) is 8.93. The number of benzene rings is 1. The highest BCUT2D eigenvalue weighted by Gasteiger charge is 2.21. The van der Waals surface area contributed by atoms with Crippen LogP contribution >= 0.6 is 11.6 Å². The van der Waals surface area contributed by atoms with Gasteiger partial charge in [0.05, 0.1) is 27.1 Å². The number of fused-ring (bicyclic) bond motifs is 1. The summed E-state index contributed by atoms with van der Waals surface area (Å²) in [6, 6.07) is 5.36. The number of pyridine rings is 1. The van der Waals surface area contributed by atoms with E-state index in [9.17, 15) is 24.6 Å². The minimum Gasteiger partial charge on any atom is -0.444 e. The molecule has 1 aromatic carbocycles. The highest BCUT2D eigenvalue weighted by Crippen LogP contribution is 2.32. The summed E-state index contributed by atoms with van der Waals surface area (Å²) in [6.45, 7) is 5.15. The summed E-state index contributed by atoms with van der Waals surface area (Å²) in [5.41, 5.74) is -1.31. The van der Waals surface area contributed by atoms with Gasteiger partial charge in [-0.2, -0.15) is 10.4 Å². The zero-order chi connectivity index (χ0) is 26.9. The number of hydrogen-bond donors (Lipinski definition) is 2. The van der Waals surface area contributed by atoms with Crippen molar-refractivity contribution >= 4 is 51.7 Å². The molecule has 3 aromatic heterocycles. The molecule has 0 bridgehead atoms. The van der Waals surface area contributed by atoms with Crippen LogP contribution in [0.5, 0.6) is 0 Å². The highest BCUT2D eigenvalue weighted by atomic mass is 35.5. The summed E-state index contributed by atoms with van der Waals surface area (Å²) in [5.74, 6) is -0.274. The first kappa shape index (κ1) is 25.2. The molecule has 1 amide bonds. The molecular weight excluding hydrogens is 509 g/mol. The molecule has 0 spiro atoms. The monoisotopic (exact) mass is 525 g/mol. The third-order valence-electron chi connectivity index (χ3n) is 4.65. The maximum atomic E-state index is 14.6. The molecule has 0 atom stereocenters. The fourth-order valence-corrected chi connectivity index (χ4v) is 3.52. The number of non-ortho nitro benzene ring substituents is 1. The Morgan fingerprint density at radius 2 is 1.97 bits per heavy atom. The van der Waals surface area contributed by atoms with Crippen molar-refractivity contribution in [2.24, 2.45) is 0 Å². The summed E-state index contributed by atoms with van der Waals surface area (Å²) in [6.07, 6.45) is 2.78. The summed E-state index contributed by atoms with van der Waals surface area (Å²) in [7, 11) is 0. The molecule has 0 radical (unpaired) electrons. The molecule has 188 valence electrons. The molecule has 0 aliphatic carbocycles. The summed E-state index contributed by atoms with van der Waals surface area (Å²) in [5, 5.41) is 30.3. The number of nitro groups is 1. The highest BCUT2D eigenvalue weighted by molar-refractivity contribution is 6.32. The normalized spacial score (nSPS) is 11.1. The van der Waals surface area contributed by atoms with Crippen molar-refractivity contribution in [1.82, 2.24) is 24.7 Å². The van der Waals surface area contributed by atoms with Crippen LogP contribution in [0.25, 0.3) is 16.6 Å². The van der Waals surface area contributed by atoms with E-state index in [1.165, 1.54) is 18.6 Å². The maximum Gasteiger partial charge on any atom is 0.413 e. The van der Waals surface area contributed by atoms with Crippen LogP contribution in [0.3, 0.4) is 0 Å². The first-order valence-electron chi connectivity index (χ1n) is 10.5. The second-order valence-electron chi connectivity index (χ2n) is 8.52. The summed E-state index contributed by atoms with van der Waals surface area (Å²) in [4.78, 5) is 34.6. The van der Waals surface area contributed by atoms with E-state index in [1.54, 1.807) is 20.8 Å². The number of nitrogens with zero attached hydrogens (tertiary/aromatic N) is 7. The van der Waals surface area contributed by atoms with Gasteiger partial charge in [0.15, 0.2) is 5.82 Å². The van der Waals surface area contributed by atoms with Crippen LogP contribution in [0.1, 0.15) is 26.3 Å². The number of aromatic nitrogens is 5. The molecule has 0 saturated carbocycles. The summed E-state index contributed by atoms with van der Waals surface area (Å²) < 4.78 is 20.9. The third-order valence-corrected chi connectivity index (χ3v) is 4.94. The number of nitro benzene ring substituents is 1. The smallest absolute Gasteiger partial charge is 0.413 e. The second kappa shape index (κ2) is 9.63. The number of ether oxygens (including phenoxy) is 1. The van der Waals surface area contributed by atoms with E-state index in [0.717, 1.165) is 23.0 Å². The molecule has 3 heterocycles. The fraction of sp³-hybridized carbons (Fsp3) is 0.182. The van der Waals surface area contributed by atoms with E-state index in [-0.39, 0.29) is 50.3 Å². The molecule has 15 heteroatoms. The van der Waals surface area contributed by atoms with Gasteiger partial charge in [0, 0.05) is 24.4 Å². The first-order chi connectivity index (χ1) is 17.4. The first-order valence-corrected chi connectivity index (χ1v) is 10.8. The molecule has 13 nitrogen and oxygen atoms in total. The van der Waals surface area contributed by atoms with Gasteiger partial charge in [-0.05, 0) is 20.8 Å². The van der Waals surface area contributed by atoms with Crippen molar-refractivity contribution in [3.05, 3.63) is 63.4 Å². The molecule has 2 N–H and O–H groups in total. The zero-order valence-electron chi connectivity index (χ0n) is 19.5. The Morgan fingerprint density at radius 3 is 2.65 bits per heavy atom. The van der Waals surface area contributed by atoms with Crippen molar-refractivity contribution in [2.75, 3.05) is 10.6 Å². The summed E-state index contributed by atoms with van der Waals surface area (Å²) >= 11 is 6.22. The van der Waals surface area contributed by atoms with Crippen LogP contribution < -0.4 is 10.6 Å².